The first-order valence-electron chi connectivity index (χ1n) is 6.68. The summed E-state index contributed by atoms with van der Waals surface area (Å²) in [5.74, 6) is -0.144. The smallest absolute Gasteiger partial charge is 0.127 e. The van der Waals surface area contributed by atoms with Gasteiger partial charge in [0.2, 0.25) is 0 Å². The Hall–Kier alpha value is -1.67. The Morgan fingerprint density at radius 1 is 1.05 bits per heavy atom. The highest BCUT2D eigenvalue weighted by Crippen LogP contribution is 2.26. The predicted octanol–water partition coefficient (Wildman–Crippen LogP) is 4.22. The molecule has 0 aliphatic heterocycles. The molecule has 2 rings (SSSR count). The zero-order chi connectivity index (χ0) is 13.8. The molecule has 0 amide bonds. The maximum atomic E-state index is 13.7. The zero-order valence-corrected chi connectivity index (χ0v) is 11.8. The van der Waals surface area contributed by atoms with Crippen LogP contribution in [0.5, 0.6) is 0 Å². The minimum absolute atomic E-state index is 0.144. The topological polar surface area (TPSA) is 12.0 Å². The van der Waals surface area contributed by atoms with Gasteiger partial charge in [-0.1, -0.05) is 36.8 Å². The lowest BCUT2D eigenvalue weighted by Gasteiger charge is -2.10. The van der Waals surface area contributed by atoms with Gasteiger partial charge in [-0.25, -0.2) is 4.39 Å². The Labute approximate surface area is 114 Å². The molecule has 0 fully saturated rings. The van der Waals surface area contributed by atoms with Gasteiger partial charge in [0.05, 0.1) is 0 Å². The molecule has 0 aliphatic carbocycles. The Morgan fingerprint density at radius 2 is 1.84 bits per heavy atom. The second-order valence-electron chi connectivity index (χ2n) is 4.90. The highest BCUT2D eigenvalue weighted by molar-refractivity contribution is 5.68. The lowest BCUT2D eigenvalue weighted by Crippen LogP contribution is -2.13. The van der Waals surface area contributed by atoms with Crippen molar-refractivity contribution in [2.75, 3.05) is 6.54 Å². The van der Waals surface area contributed by atoms with Crippen molar-refractivity contribution in [2.45, 2.75) is 27.3 Å². The van der Waals surface area contributed by atoms with Crippen molar-refractivity contribution >= 4 is 0 Å². The second-order valence-corrected chi connectivity index (χ2v) is 4.90. The third kappa shape index (κ3) is 3.21. The summed E-state index contributed by atoms with van der Waals surface area (Å²) in [7, 11) is 0. The molecule has 0 heterocycles. The van der Waals surface area contributed by atoms with Crippen molar-refractivity contribution < 1.29 is 4.39 Å². The van der Waals surface area contributed by atoms with E-state index in [-0.39, 0.29) is 5.82 Å². The molecule has 1 nitrogen and oxygen atoms in total. The Kier molecular flexibility index (Phi) is 4.33. The van der Waals surface area contributed by atoms with Crippen molar-refractivity contribution in [1.82, 2.24) is 5.32 Å². The Morgan fingerprint density at radius 3 is 2.53 bits per heavy atom. The molecule has 0 spiro atoms. The fourth-order valence-corrected chi connectivity index (χ4v) is 2.27. The molecule has 2 aromatic carbocycles. The van der Waals surface area contributed by atoms with Crippen molar-refractivity contribution in [3.05, 3.63) is 58.9 Å². The summed E-state index contributed by atoms with van der Waals surface area (Å²) in [4.78, 5) is 0. The highest BCUT2D eigenvalue weighted by Gasteiger charge is 2.07. The summed E-state index contributed by atoms with van der Waals surface area (Å²) in [6.07, 6.45) is 0. The lowest BCUT2D eigenvalue weighted by atomic mass is 9.97. The monoisotopic (exact) mass is 257 g/mol. The molecule has 19 heavy (non-hydrogen) atoms. The summed E-state index contributed by atoms with van der Waals surface area (Å²) in [5.41, 5.74) is 5.44. The van der Waals surface area contributed by atoms with Gasteiger partial charge in [0.15, 0.2) is 0 Å². The van der Waals surface area contributed by atoms with E-state index in [0.29, 0.717) is 6.54 Å². The van der Waals surface area contributed by atoms with E-state index >= 15 is 0 Å². The van der Waals surface area contributed by atoms with Gasteiger partial charge in [-0.2, -0.15) is 0 Å². The quantitative estimate of drug-likeness (QED) is 0.864. The molecule has 0 atom stereocenters. The van der Waals surface area contributed by atoms with E-state index in [0.717, 1.165) is 17.7 Å². The van der Waals surface area contributed by atoms with Gasteiger partial charge in [0, 0.05) is 12.1 Å². The van der Waals surface area contributed by atoms with Crippen LogP contribution in [0.25, 0.3) is 11.1 Å². The molecule has 0 saturated heterocycles. The van der Waals surface area contributed by atoms with Crippen LogP contribution in [0.3, 0.4) is 0 Å². The van der Waals surface area contributed by atoms with Crippen molar-refractivity contribution in [1.29, 1.82) is 0 Å². The molecule has 0 saturated carbocycles. The molecular weight excluding hydrogens is 237 g/mol. The average molecular weight is 257 g/mol. The van der Waals surface area contributed by atoms with Crippen LogP contribution >= 0.6 is 0 Å². The first-order chi connectivity index (χ1) is 9.11. The Balaban J connectivity index is 2.39. The third-order valence-electron chi connectivity index (χ3n) is 3.30. The van der Waals surface area contributed by atoms with Gasteiger partial charge >= 0.3 is 0 Å². The second kappa shape index (κ2) is 5.98. The minimum atomic E-state index is -0.144. The first kappa shape index (κ1) is 13.8. The van der Waals surface area contributed by atoms with E-state index in [1.54, 1.807) is 6.07 Å². The number of hydrogen-bond acceptors (Lipinski definition) is 1. The largest absolute Gasteiger partial charge is 0.313 e. The minimum Gasteiger partial charge on any atom is -0.313 e. The molecule has 0 radical (unpaired) electrons. The molecule has 1 N–H and O–H groups in total. The fourth-order valence-electron chi connectivity index (χ4n) is 2.27. The van der Waals surface area contributed by atoms with E-state index in [9.17, 15) is 4.39 Å². The molecule has 0 aromatic heterocycles. The average Bonchev–Trinajstić information content (AvgIpc) is 2.38. The molecule has 2 heteroatoms. The van der Waals surface area contributed by atoms with E-state index in [4.69, 9.17) is 0 Å². The molecule has 0 aliphatic rings. The summed E-state index contributed by atoms with van der Waals surface area (Å²) in [6, 6.07) is 11.7. The predicted molar refractivity (Wildman–Crippen MR) is 78.7 cm³/mol. The van der Waals surface area contributed by atoms with Crippen molar-refractivity contribution in [2.24, 2.45) is 0 Å². The van der Waals surface area contributed by atoms with Crippen LogP contribution in [-0.4, -0.2) is 6.54 Å². The van der Waals surface area contributed by atoms with Crippen LogP contribution < -0.4 is 5.32 Å². The maximum Gasteiger partial charge on any atom is 0.127 e. The lowest BCUT2D eigenvalue weighted by molar-refractivity contribution is 0.593. The van der Waals surface area contributed by atoms with Gasteiger partial charge in [-0.15, -0.1) is 0 Å². The van der Waals surface area contributed by atoms with Gasteiger partial charge in [0.1, 0.15) is 5.82 Å². The number of aryl methyl sites for hydroxylation is 2. The first-order valence-corrected chi connectivity index (χ1v) is 6.68. The summed E-state index contributed by atoms with van der Waals surface area (Å²) >= 11 is 0. The number of benzene rings is 2. The standard InChI is InChI=1S/C17H20FN/c1-4-19-11-15-10-14(6-8-17(15)18)16-7-5-12(2)9-13(16)3/h5-10,19H,4,11H2,1-3H3. The maximum absolute atomic E-state index is 13.7. The number of nitrogens with one attached hydrogen (secondary N) is 1. The van der Waals surface area contributed by atoms with E-state index in [1.165, 1.54) is 16.7 Å². The van der Waals surface area contributed by atoms with Gasteiger partial charge < -0.3 is 5.32 Å². The van der Waals surface area contributed by atoms with Gasteiger partial charge in [-0.05, 0) is 49.2 Å². The van der Waals surface area contributed by atoms with Crippen molar-refractivity contribution in [3.8, 4) is 11.1 Å². The summed E-state index contributed by atoms with van der Waals surface area (Å²) in [5, 5.41) is 3.17. The molecule has 100 valence electrons. The van der Waals surface area contributed by atoms with Crippen LogP contribution in [-0.2, 0) is 6.54 Å². The van der Waals surface area contributed by atoms with E-state index in [2.05, 4.69) is 37.4 Å². The molecule has 0 unspecified atom stereocenters. The molecule has 0 bridgehead atoms. The zero-order valence-electron chi connectivity index (χ0n) is 11.8. The molecular formula is C17H20FN. The normalized spacial score (nSPS) is 10.7. The number of hydrogen-bond donors (Lipinski definition) is 1. The highest BCUT2D eigenvalue weighted by atomic mass is 19.1. The number of halogens is 1. The number of rotatable bonds is 4. The Bertz CT molecular complexity index is 575. The van der Waals surface area contributed by atoms with Gasteiger partial charge in [-0.3, -0.25) is 0 Å². The van der Waals surface area contributed by atoms with Crippen LogP contribution in [0.15, 0.2) is 36.4 Å². The summed E-state index contributed by atoms with van der Waals surface area (Å²) < 4.78 is 13.7. The summed E-state index contributed by atoms with van der Waals surface area (Å²) in [6.45, 7) is 7.61. The molecule has 2 aromatic rings. The van der Waals surface area contributed by atoms with Crippen LogP contribution in [0.1, 0.15) is 23.6 Å². The SMILES string of the molecule is CCNCc1cc(-c2ccc(C)cc2C)ccc1F. The van der Waals surface area contributed by atoms with Crippen LogP contribution in [0, 0.1) is 19.7 Å². The van der Waals surface area contributed by atoms with Crippen LogP contribution in [0.2, 0.25) is 0 Å². The van der Waals surface area contributed by atoms with Gasteiger partial charge in [0.25, 0.3) is 0 Å². The third-order valence-corrected chi connectivity index (χ3v) is 3.30. The van der Waals surface area contributed by atoms with E-state index < -0.39 is 0 Å². The van der Waals surface area contributed by atoms with Crippen LogP contribution in [0.4, 0.5) is 4.39 Å². The van der Waals surface area contributed by atoms with Crippen molar-refractivity contribution in [3.63, 3.8) is 0 Å². The fraction of sp³-hybridized carbons (Fsp3) is 0.294. The van der Waals surface area contributed by atoms with E-state index in [1.807, 2.05) is 19.1 Å².